The van der Waals surface area contributed by atoms with Crippen molar-refractivity contribution in [2.45, 2.75) is 199 Å². The molecule has 0 aromatic heterocycles. The van der Waals surface area contributed by atoms with Crippen molar-refractivity contribution in [1.29, 1.82) is 0 Å². The summed E-state index contributed by atoms with van der Waals surface area (Å²) >= 11 is 72.8. The van der Waals surface area contributed by atoms with Crippen molar-refractivity contribution in [2.75, 3.05) is 33.0 Å². The molecule has 0 saturated heterocycles. The number of carbonyl (C=O) groups is 2. The minimum Gasteiger partial charge on any atom is -0.411 e. The predicted octanol–water partition coefficient (Wildman–Crippen LogP) is 34.7. The molecule has 0 bridgehead atoms. The van der Waals surface area contributed by atoms with Crippen LogP contribution in [0.5, 0.6) is 0 Å². The van der Waals surface area contributed by atoms with Crippen LogP contribution in [0.1, 0.15) is 242 Å². The Kier molecular flexibility index (Phi) is 55.9. The maximum Gasteiger partial charge on any atom is 0.162 e. The van der Waals surface area contributed by atoms with Gasteiger partial charge in [-0.2, -0.15) is 0 Å². The number of aliphatic hydroxyl groups excluding tert-OH is 7. The fourth-order valence-corrected chi connectivity index (χ4v) is 17.9. The first-order chi connectivity index (χ1) is 66.3. The lowest BCUT2D eigenvalue weighted by Gasteiger charge is -2.12. The molecule has 0 saturated carbocycles. The zero-order chi connectivity index (χ0) is 99.2. The van der Waals surface area contributed by atoms with E-state index >= 15 is 0 Å². The van der Waals surface area contributed by atoms with Gasteiger partial charge < -0.3 is 46.2 Å². The van der Waals surface area contributed by atoms with E-state index in [-0.39, 0.29) is 44.6 Å². The van der Waals surface area contributed by atoms with Crippen LogP contribution in [-0.4, -0.2) is 102 Å². The largest absolute Gasteiger partial charge is 0.411 e. The van der Waals surface area contributed by atoms with Gasteiger partial charge in [-0.3, -0.25) is 9.59 Å². The molecule has 730 valence electrons. The van der Waals surface area contributed by atoms with Crippen LogP contribution in [-0.2, 0) is 0 Å². The highest BCUT2D eigenvalue weighted by atomic mass is 35.5. The second-order valence-electron chi connectivity index (χ2n) is 32.9. The van der Waals surface area contributed by atoms with Crippen LogP contribution in [0.3, 0.4) is 0 Å². The van der Waals surface area contributed by atoms with Crippen molar-refractivity contribution in [1.82, 2.24) is 0 Å². The van der Waals surface area contributed by atoms with Gasteiger partial charge in [0.05, 0.1) is 23.6 Å². The van der Waals surface area contributed by atoms with E-state index in [0.717, 1.165) is 229 Å². The van der Waals surface area contributed by atoms with Crippen molar-refractivity contribution < 1.29 is 55.7 Å². The lowest BCUT2D eigenvalue weighted by Crippen LogP contribution is -2.01. The average molecular weight is 2100 g/mol. The summed E-state index contributed by atoms with van der Waals surface area (Å²) in [5, 5.41) is 96.8. The van der Waals surface area contributed by atoms with Crippen LogP contribution < -0.4 is 0 Å². The van der Waals surface area contributed by atoms with Gasteiger partial charge in [-0.25, -0.2) is 0 Å². The highest BCUT2D eigenvalue weighted by Crippen LogP contribution is 2.39. The van der Waals surface area contributed by atoms with Crippen molar-refractivity contribution in [3.05, 3.63) is 348 Å². The average Bonchev–Trinajstić information content (AvgIpc) is 0.856. The van der Waals surface area contributed by atoms with Gasteiger partial charge in [-0.05, 0) is 212 Å². The summed E-state index contributed by atoms with van der Waals surface area (Å²) in [7, 11) is 0. The summed E-state index contributed by atoms with van der Waals surface area (Å²) in [6.07, 6.45) is 24.1. The van der Waals surface area contributed by atoms with Crippen LogP contribution in [0, 0.1) is 0 Å². The highest BCUT2D eigenvalue weighted by molar-refractivity contribution is 6.39. The van der Waals surface area contributed by atoms with E-state index in [9.17, 15) is 30.2 Å². The third kappa shape index (κ3) is 41.7. The van der Waals surface area contributed by atoms with Crippen LogP contribution >= 0.6 is 139 Å². The summed E-state index contributed by atoms with van der Waals surface area (Å²) in [6, 6.07) is 78.8. The Morgan fingerprint density at radius 1 is 0.241 bits per heavy atom. The van der Waals surface area contributed by atoms with E-state index in [0.29, 0.717) is 97.2 Å². The highest BCUT2D eigenvalue weighted by Gasteiger charge is 2.17. The fraction of sp³-hybridized carbons (Fsp3) is 0.321. The molecule has 2 unspecified atom stereocenters. The van der Waals surface area contributed by atoms with Gasteiger partial charge in [-0.1, -0.05) is 422 Å². The number of hydrogen-bond acceptors (Lipinski definition) is 13. The lowest BCUT2D eigenvalue weighted by molar-refractivity contribution is 0.0970. The number of ketones is 2. The molecule has 12 aromatic carbocycles. The molecule has 0 aliphatic carbocycles. The Bertz CT molecular complexity index is 5640. The van der Waals surface area contributed by atoms with Gasteiger partial charge in [0.15, 0.2) is 11.6 Å². The summed E-state index contributed by atoms with van der Waals surface area (Å²) < 4.78 is 0. The summed E-state index contributed by atoms with van der Waals surface area (Å²) in [4.78, 5) is 24.2. The van der Waals surface area contributed by atoms with E-state index in [1.165, 1.54) is 25.7 Å². The monoisotopic (exact) mass is 2090 g/mol. The van der Waals surface area contributed by atoms with Crippen LogP contribution in [0.4, 0.5) is 0 Å². The Labute approximate surface area is 867 Å². The molecule has 0 spiro atoms. The maximum absolute atomic E-state index is 12.1. The van der Waals surface area contributed by atoms with Crippen molar-refractivity contribution in [3.63, 3.8) is 0 Å². The molecule has 0 aliphatic heterocycles. The Morgan fingerprint density at radius 2 is 0.438 bits per heavy atom. The van der Waals surface area contributed by atoms with Gasteiger partial charge in [0.1, 0.15) is 0 Å². The van der Waals surface area contributed by atoms with Crippen LogP contribution in [0.25, 0.3) is 66.8 Å². The van der Waals surface area contributed by atoms with E-state index in [4.69, 9.17) is 165 Å². The van der Waals surface area contributed by atoms with Gasteiger partial charge >= 0.3 is 0 Å². The molecule has 12 rings (SSSR count). The number of unbranched alkanes of at least 4 members (excludes halogenated alkanes) is 16. The molecule has 0 amide bonds. The molecular weight excluding hydrogens is 1970 g/mol. The second-order valence-corrected chi connectivity index (χ2v) is 38.0. The molecule has 9 N–H and O–H groups in total. The van der Waals surface area contributed by atoms with Crippen LogP contribution in [0.2, 0.25) is 60.3 Å². The van der Waals surface area contributed by atoms with Crippen molar-refractivity contribution >= 4 is 162 Å². The van der Waals surface area contributed by atoms with Gasteiger partial charge in [-0.15, -0.1) is 0 Å². The van der Waals surface area contributed by atoms with Gasteiger partial charge in [0, 0.05) is 151 Å². The first-order valence-electron chi connectivity index (χ1n) is 46.5. The molecule has 0 heterocycles. The smallest absolute Gasteiger partial charge is 0.162 e. The zero-order valence-corrected chi connectivity index (χ0v) is 86.1. The molecular formula is C112H122Cl12N2O11. The molecule has 0 radical (unpaired) electrons. The lowest BCUT2D eigenvalue weighted by atomic mass is 9.99. The summed E-state index contributed by atoms with van der Waals surface area (Å²) in [5.74, 6) is 0.287. The Balaban J connectivity index is 0.000000224. The third-order valence-electron chi connectivity index (χ3n) is 22.6. The van der Waals surface area contributed by atoms with E-state index in [2.05, 4.69) is 17.2 Å². The minimum atomic E-state index is -0.464. The topological polar surface area (TPSA) is 241 Å². The van der Waals surface area contributed by atoms with E-state index < -0.39 is 12.2 Å². The third-order valence-corrected chi connectivity index (χ3v) is 25.9. The SMILES string of the molecule is CCCCCCC/C(=N\O)c1ccc(-c2ccc(Cl)cc2Cl)cc1.O=C(CCCCCCO)c1ccc(-c2ccc(Cl)cc2Cl)cc1.O=C(CCCCCO)c1ccc(-c2ccc(Cl)cc2Cl)cc1.OCCCCC/C(=N\O)c1ccc(-c2ccc(Cl)cc2Cl)cc1.OCCCCCC(O)c1ccc(-c2ccc(Cl)cc2Cl)cc1.OCCCCCCC(O)c1ccc(-c2ccc(Cl)cc2Cl)cc1. The number of Topliss-reactive ketones (excluding diaryl/α,β-unsaturated/α-hetero) is 2. The van der Waals surface area contributed by atoms with Gasteiger partial charge in [0.2, 0.25) is 0 Å². The summed E-state index contributed by atoms with van der Waals surface area (Å²) in [6.45, 7) is 3.27. The number of hydrogen-bond donors (Lipinski definition) is 9. The zero-order valence-electron chi connectivity index (χ0n) is 77.0. The van der Waals surface area contributed by atoms with Crippen molar-refractivity contribution in [2.24, 2.45) is 10.3 Å². The number of nitrogens with zero attached hydrogens (tertiary/aromatic N) is 2. The summed E-state index contributed by atoms with van der Waals surface area (Å²) in [5.41, 5.74) is 17.9. The standard InChI is InChI=1S/C20H23Cl2NO.C19H22Cl2O2.C19H20Cl2O2.C18H19Cl2NO2.C18H20Cl2O2.C18H18Cl2O2/c1-2-3-4-5-6-7-20(23-24)16-10-8-15(9-11-16)18-13-12-17(21)14-19(18)22;2*20-16-10-11-17(18(21)13-16)14-6-8-15(9-7-14)19(23)5-3-1-2-4-12-22;19-15-9-10-16(17(20)12-15)13-5-7-14(8-6-13)18(21-23)4-2-1-3-11-22;2*19-15-9-10-16(17(20)12-15)13-5-7-14(8-6-13)18(22)4-2-1-3-11-21/h8-14,24H,2-7H2,1H3;6-11,13,19,22-23H,1-5,12H2;6-11,13,22H,1-5,12H2;5-10,12,22-23H,1-4,11H2;5-10,12,18,21-22H,1-4,11H2;5-10,12,21H,1-4,11H2/b23-20+;;;21-18+;;. The van der Waals surface area contributed by atoms with Gasteiger partial charge in [0.25, 0.3) is 0 Å². The molecule has 0 fully saturated rings. The van der Waals surface area contributed by atoms with Crippen LogP contribution in [0.15, 0.2) is 265 Å². The minimum absolute atomic E-state index is 0.131. The predicted molar refractivity (Wildman–Crippen MR) is 577 cm³/mol. The molecule has 137 heavy (non-hydrogen) atoms. The first kappa shape index (κ1) is 116. The number of benzene rings is 12. The molecule has 0 aliphatic rings. The van der Waals surface area contributed by atoms with E-state index in [1.807, 2.05) is 200 Å². The fourth-order valence-electron chi connectivity index (χ4n) is 14.8. The molecule has 2 atom stereocenters. The molecule has 25 heteroatoms. The van der Waals surface area contributed by atoms with E-state index in [1.54, 1.807) is 54.6 Å². The Hall–Kier alpha value is -7.88. The number of aliphatic hydroxyl groups is 7. The Morgan fingerprint density at radius 3 is 0.664 bits per heavy atom. The quantitative estimate of drug-likeness (QED) is 0.00572. The number of oxime groups is 2. The first-order valence-corrected chi connectivity index (χ1v) is 51.0. The van der Waals surface area contributed by atoms with Crippen molar-refractivity contribution in [3.8, 4) is 66.8 Å². The molecule has 13 nitrogen and oxygen atoms in total. The molecule has 12 aromatic rings. The number of halogens is 12. The second kappa shape index (κ2) is 66.0. The number of rotatable bonds is 45. The number of carbonyl (C=O) groups excluding carboxylic acids is 2. The normalized spacial score (nSPS) is 11.6. The maximum atomic E-state index is 12.1.